The predicted octanol–water partition coefficient (Wildman–Crippen LogP) is 4.49. The van der Waals surface area contributed by atoms with Gasteiger partial charge in [-0.1, -0.05) is 24.3 Å². The number of hydrogen-bond acceptors (Lipinski definition) is 3. The van der Waals surface area contributed by atoms with Crippen LogP contribution in [0.25, 0.3) is 11.3 Å². The van der Waals surface area contributed by atoms with E-state index in [-0.39, 0.29) is 5.78 Å². The Kier molecular flexibility index (Phi) is 4.52. The molecule has 0 bridgehead atoms. The van der Waals surface area contributed by atoms with Crippen LogP contribution in [0.4, 0.5) is 0 Å². The van der Waals surface area contributed by atoms with Gasteiger partial charge in [0.2, 0.25) is 0 Å². The van der Waals surface area contributed by atoms with E-state index in [4.69, 9.17) is 0 Å². The molecule has 24 heavy (non-hydrogen) atoms. The van der Waals surface area contributed by atoms with Crippen molar-refractivity contribution in [2.45, 2.75) is 27.2 Å². The molecule has 0 atom stereocenters. The van der Waals surface area contributed by atoms with E-state index in [9.17, 15) is 4.79 Å². The van der Waals surface area contributed by atoms with Crippen LogP contribution in [0.5, 0.6) is 0 Å². The molecule has 3 aromatic rings. The zero-order valence-corrected chi connectivity index (χ0v) is 14.2. The fourth-order valence-corrected chi connectivity index (χ4v) is 2.83. The summed E-state index contributed by atoms with van der Waals surface area (Å²) in [5.74, 6) is 0.115. The number of nitrogens with zero attached hydrogens (tertiary/aromatic N) is 2. The summed E-state index contributed by atoms with van der Waals surface area (Å²) in [5, 5.41) is 0. The van der Waals surface area contributed by atoms with E-state index in [2.05, 4.69) is 9.97 Å². The molecule has 0 saturated heterocycles. The third-order valence-corrected chi connectivity index (χ3v) is 3.92. The van der Waals surface area contributed by atoms with Crippen LogP contribution < -0.4 is 0 Å². The number of carbonyl (C=O) groups is 1. The van der Waals surface area contributed by atoms with Crippen LogP contribution in [0, 0.1) is 20.8 Å². The van der Waals surface area contributed by atoms with E-state index in [1.54, 1.807) is 6.20 Å². The van der Waals surface area contributed by atoms with Gasteiger partial charge < -0.3 is 0 Å². The van der Waals surface area contributed by atoms with Gasteiger partial charge in [-0.25, -0.2) is 0 Å². The quantitative estimate of drug-likeness (QED) is 0.666. The van der Waals surface area contributed by atoms with Crippen molar-refractivity contribution in [3.63, 3.8) is 0 Å². The van der Waals surface area contributed by atoms with Crippen molar-refractivity contribution in [2.24, 2.45) is 0 Å². The zero-order valence-electron chi connectivity index (χ0n) is 14.2. The lowest BCUT2D eigenvalue weighted by molar-refractivity contribution is 0.0993. The molecule has 0 radical (unpaired) electrons. The highest BCUT2D eigenvalue weighted by Crippen LogP contribution is 2.19. The van der Waals surface area contributed by atoms with Crippen LogP contribution in [0.15, 0.2) is 54.7 Å². The Bertz CT molecular complexity index is 862. The average Bonchev–Trinajstić information content (AvgIpc) is 2.54. The molecule has 0 fully saturated rings. The summed E-state index contributed by atoms with van der Waals surface area (Å²) in [4.78, 5) is 21.2. The Morgan fingerprint density at radius 2 is 1.58 bits per heavy atom. The minimum Gasteiger partial charge on any atom is -0.294 e. The van der Waals surface area contributed by atoms with Gasteiger partial charge in [0.05, 0.1) is 5.69 Å². The number of aryl methyl sites for hydroxylation is 3. The summed E-state index contributed by atoms with van der Waals surface area (Å²) in [6.45, 7) is 5.94. The zero-order chi connectivity index (χ0) is 17.1. The SMILES string of the molecule is Cc1ccnc(-c2ccc(C(=O)Cc3cc(C)nc(C)c3)cc2)c1. The molecule has 0 unspecified atom stereocenters. The van der Waals surface area contributed by atoms with Crippen molar-refractivity contribution < 1.29 is 4.79 Å². The van der Waals surface area contributed by atoms with Gasteiger partial charge in [0, 0.05) is 35.1 Å². The van der Waals surface area contributed by atoms with Gasteiger partial charge in [-0.15, -0.1) is 0 Å². The van der Waals surface area contributed by atoms with E-state index in [1.807, 2.05) is 69.3 Å². The summed E-state index contributed by atoms with van der Waals surface area (Å²) in [5.41, 5.74) is 6.73. The van der Waals surface area contributed by atoms with E-state index in [1.165, 1.54) is 5.56 Å². The van der Waals surface area contributed by atoms with Crippen LogP contribution in [0.3, 0.4) is 0 Å². The maximum absolute atomic E-state index is 12.5. The normalized spacial score (nSPS) is 10.6. The fraction of sp³-hybridized carbons (Fsp3) is 0.190. The molecule has 3 heteroatoms. The van der Waals surface area contributed by atoms with Crippen molar-refractivity contribution in [1.82, 2.24) is 9.97 Å². The highest BCUT2D eigenvalue weighted by molar-refractivity contribution is 5.97. The molecule has 2 heterocycles. The second-order valence-electron chi connectivity index (χ2n) is 6.15. The number of carbonyl (C=O) groups excluding carboxylic acids is 1. The van der Waals surface area contributed by atoms with Gasteiger partial charge in [0.15, 0.2) is 5.78 Å². The van der Waals surface area contributed by atoms with Crippen molar-refractivity contribution in [2.75, 3.05) is 0 Å². The molecule has 2 aromatic heterocycles. The molecule has 0 aliphatic heterocycles. The number of ketones is 1. The van der Waals surface area contributed by atoms with Crippen LogP contribution >= 0.6 is 0 Å². The molecule has 120 valence electrons. The lowest BCUT2D eigenvalue weighted by atomic mass is 10.0. The summed E-state index contributed by atoms with van der Waals surface area (Å²) < 4.78 is 0. The number of aromatic nitrogens is 2. The van der Waals surface area contributed by atoms with Gasteiger partial charge in [-0.05, 0) is 56.2 Å². The number of benzene rings is 1. The third-order valence-electron chi connectivity index (χ3n) is 3.92. The maximum Gasteiger partial charge on any atom is 0.167 e. The average molecular weight is 316 g/mol. The molecular weight excluding hydrogens is 296 g/mol. The first-order valence-corrected chi connectivity index (χ1v) is 8.02. The fourth-order valence-electron chi connectivity index (χ4n) is 2.83. The van der Waals surface area contributed by atoms with Gasteiger partial charge in [-0.2, -0.15) is 0 Å². The van der Waals surface area contributed by atoms with E-state index < -0.39 is 0 Å². The number of Topliss-reactive ketones (excluding diaryl/α,β-unsaturated/α-hetero) is 1. The van der Waals surface area contributed by atoms with E-state index in [0.717, 1.165) is 33.8 Å². The second kappa shape index (κ2) is 6.75. The second-order valence-corrected chi connectivity index (χ2v) is 6.15. The van der Waals surface area contributed by atoms with Crippen LogP contribution in [-0.4, -0.2) is 15.8 Å². The third kappa shape index (κ3) is 3.74. The van der Waals surface area contributed by atoms with Crippen LogP contribution in [0.2, 0.25) is 0 Å². The van der Waals surface area contributed by atoms with E-state index in [0.29, 0.717) is 6.42 Å². The molecule has 1 aromatic carbocycles. The molecule has 0 amide bonds. The Morgan fingerprint density at radius 3 is 2.21 bits per heavy atom. The standard InChI is InChI=1S/C21H20N2O/c1-14-8-9-22-20(10-14)18-4-6-19(7-5-18)21(24)13-17-11-15(2)23-16(3)12-17/h4-12H,13H2,1-3H3. The smallest absolute Gasteiger partial charge is 0.167 e. The van der Waals surface area contributed by atoms with Gasteiger partial charge >= 0.3 is 0 Å². The number of hydrogen-bond donors (Lipinski definition) is 0. The monoisotopic (exact) mass is 316 g/mol. The molecule has 0 N–H and O–H groups in total. The van der Waals surface area contributed by atoms with Crippen molar-refractivity contribution in [3.8, 4) is 11.3 Å². The summed E-state index contributed by atoms with van der Waals surface area (Å²) in [7, 11) is 0. The predicted molar refractivity (Wildman–Crippen MR) is 96.2 cm³/mol. The summed E-state index contributed by atoms with van der Waals surface area (Å²) in [6, 6.07) is 15.6. The van der Waals surface area contributed by atoms with Crippen molar-refractivity contribution >= 4 is 5.78 Å². The molecule has 0 aliphatic carbocycles. The highest BCUT2D eigenvalue weighted by atomic mass is 16.1. The molecule has 0 aliphatic rings. The molecule has 0 spiro atoms. The van der Waals surface area contributed by atoms with Crippen LogP contribution in [-0.2, 0) is 6.42 Å². The Hall–Kier alpha value is -2.81. The Morgan fingerprint density at radius 1 is 0.917 bits per heavy atom. The highest BCUT2D eigenvalue weighted by Gasteiger charge is 2.09. The lowest BCUT2D eigenvalue weighted by Crippen LogP contribution is -2.04. The number of pyridine rings is 2. The van der Waals surface area contributed by atoms with Gasteiger partial charge in [-0.3, -0.25) is 14.8 Å². The van der Waals surface area contributed by atoms with Gasteiger partial charge in [0.1, 0.15) is 0 Å². The minimum atomic E-state index is 0.115. The molecule has 3 nitrogen and oxygen atoms in total. The van der Waals surface area contributed by atoms with Crippen molar-refractivity contribution in [1.29, 1.82) is 0 Å². The summed E-state index contributed by atoms with van der Waals surface area (Å²) >= 11 is 0. The van der Waals surface area contributed by atoms with Crippen molar-refractivity contribution in [3.05, 3.63) is 82.8 Å². The molecule has 3 rings (SSSR count). The summed E-state index contributed by atoms with van der Waals surface area (Å²) in [6.07, 6.45) is 2.20. The Balaban J connectivity index is 1.79. The molecule has 0 saturated carbocycles. The minimum absolute atomic E-state index is 0.115. The first-order valence-electron chi connectivity index (χ1n) is 8.02. The van der Waals surface area contributed by atoms with Crippen LogP contribution in [0.1, 0.15) is 32.9 Å². The van der Waals surface area contributed by atoms with E-state index >= 15 is 0 Å². The maximum atomic E-state index is 12.5. The topological polar surface area (TPSA) is 42.9 Å². The first-order chi connectivity index (χ1) is 11.5. The lowest BCUT2D eigenvalue weighted by Gasteiger charge is -2.06. The first kappa shape index (κ1) is 16.1. The Labute approximate surface area is 142 Å². The number of rotatable bonds is 4. The largest absolute Gasteiger partial charge is 0.294 e. The van der Waals surface area contributed by atoms with Gasteiger partial charge in [0.25, 0.3) is 0 Å². The molecular formula is C21H20N2O.